The third kappa shape index (κ3) is 5.18. The number of thioether (sulfide) groups is 1. The summed E-state index contributed by atoms with van der Waals surface area (Å²) in [7, 11) is 1.30. The Balaban J connectivity index is 2.12. The van der Waals surface area contributed by atoms with Gasteiger partial charge < -0.3 is 25.2 Å². The van der Waals surface area contributed by atoms with Gasteiger partial charge in [-0.1, -0.05) is 6.08 Å². The monoisotopic (exact) mass is 412 g/mol. The molecular formula is C18H28N4O5S. The minimum absolute atomic E-state index is 0.157. The number of nitrogens with zero attached hydrogens (tertiary/aromatic N) is 2. The second kappa shape index (κ2) is 10.4. The predicted octanol–water partition coefficient (Wildman–Crippen LogP) is -0.0319. The van der Waals surface area contributed by atoms with Gasteiger partial charge in [-0.2, -0.15) is 11.8 Å². The number of nitrogens with one attached hydrogen (secondary N) is 2. The van der Waals surface area contributed by atoms with Gasteiger partial charge in [0.25, 0.3) is 0 Å². The molecule has 0 spiro atoms. The van der Waals surface area contributed by atoms with E-state index >= 15 is 0 Å². The van der Waals surface area contributed by atoms with Gasteiger partial charge in [-0.05, 0) is 25.5 Å². The van der Waals surface area contributed by atoms with Crippen LogP contribution in [0, 0.1) is 0 Å². The number of carbonyl (C=O) groups is 4. The van der Waals surface area contributed by atoms with Crippen molar-refractivity contribution < 1.29 is 23.9 Å². The minimum atomic E-state index is -0.699. The number of hydrogen-bond acceptors (Lipinski definition) is 6. The van der Waals surface area contributed by atoms with Crippen LogP contribution in [0.25, 0.3) is 0 Å². The third-order valence-electron chi connectivity index (χ3n) is 4.93. The first kappa shape index (κ1) is 22.1. The van der Waals surface area contributed by atoms with Gasteiger partial charge in [0, 0.05) is 19.6 Å². The zero-order chi connectivity index (χ0) is 20.7. The topological polar surface area (TPSA) is 108 Å². The highest BCUT2D eigenvalue weighted by Gasteiger charge is 2.45. The second-order valence-electron chi connectivity index (χ2n) is 6.78. The van der Waals surface area contributed by atoms with E-state index in [2.05, 4.69) is 17.2 Å². The molecule has 0 bridgehead atoms. The number of likely N-dealkylation sites (tertiary alicyclic amines) is 2. The van der Waals surface area contributed by atoms with E-state index in [9.17, 15) is 19.2 Å². The van der Waals surface area contributed by atoms with E-state index in [4.69, 9.17) is 4.74 Å². The van der Waals surface area contributed by atoms with Crippen molar-refractivity contribution in [3.63, 3.8) is 0 Å². The molecule has 4 amide bonds. The van der Waals surface area contributed by atoms with E-state index in [-0.39, 0.29) is 36.2 Å². The quantitative estimate of drug-likeness (QED) is 0.449. The highest BCUT2D eigenvalue weighted by Crippen LogP contribution is 2.26. The van der Waals surface area contributed by atoms with Crippen LogP contribution in [-0.4, -0.2) is 90.5 Å². The number of amides is 4. The highest BCUT2D eigenvalue weighted by molar-refractivity contribution is 7.99. The summed E-state index contributed by atoms with van der Waals surface area (Å²) in [5.41, 5.74) is 0. The fourth-order valence-electron chi connectivity index (χ4n) is 3.66. The Labute approximate surface area is 169 Å². The zero-order valence-corrected chi connectivity index (χ0v) is 17.1. The molecule has 0 aromatic heterocycles. The van der Waals surface area contributed by atoms with Crippen LogP contribution in [0.5, 0.6) is 0 Å². The maximum absolute atomic E-state index is 13.2. The van der Waals surface area contributed by atoms with Gasteiger partial charge >= 0.3 is 12.0 Å². The molecule has 3 unspecified atom stereocenters. The summed E-state index contributed by atoms with van der Waals surface area (Å²) in [4.78, 5) is 52.7. The van der Waals surface area contributed by atoms with Gasteiger partial charge in [-0.15, -0.1) is 6.58 Å². The number of ether oxygens (including phenoxy) is 1. The first-order valence-electron chi connectivity index (χ1n) is 9.24. The number of methoxy groups -OCH3 is 1. The van der Waals surface area contributed by atoms with Gasteiger partial charge in [0.2, 0.25) is 11.8 Å². The van der Waals surface area contributed by atoms with Crippen LogP contribution in [0.3, 0.4) is 0 Å². The van der Waals surface area contributed by atoms with Crippen LogP contribution < -0.4 is 10.6 Å². The first-order valence-corrected chi connectivity index (χ1v) is 10.6. The van der Waals surface area contributed by atoms with E-state index in [1.165, 1.54) is 28.7 Å². The highest BCUT2D eigenvalue weighted by atomic mass is 32.2. The standard InChI is InChI=1S/C18H28N4O5S/c1-4-7-19-18(26)20-12-9-14(22(10-12)15(23)11-28-3)16(24)21-8-5-6-13(21)17(25)27-2/h4,12-14H,1,5-11H2,2-3H3,(H2,19,20,26). The molecule has 2 fully saturated rings. The molecule has 2 aliphatic heterocycles. The molecular weight excluding hydrogens is 384 g/mol. The molecule has 2 rings (SSSR count). The Morgan fingerprint density at radius 1 is 1.25 bits per heavy atom. The van der Waals surface area contributed by atoms with Crippen LogP contribution in [0.1, 0.15) is 19.3 Å². The Kier molecular flexibility index (Phi) is 8.16. The Hall–Kier alpha value is -2.23. The summed E-state index contributed by atoms with van der Waals surface area (Å²) < 4.78 is 4.81. The summed E-state index contributed by atoms with van der Waals surface area (Å²) in [6.07, 6.45) is 4.95. The summed E-state index contributed by atoms with van der Waals surface area (Å²) >= 11 is 1.38. The van der Waals surface area contributed by atoms with Crippen LogP contribution in [0.4, 0.5) is 4.79 Å². The molecule has 2 heterocycles. The van der Waals surface area contributed by atoms with Gasteiger partial charge in [-0.3, -0.25) is 9.59 Å². The van der Waals surface area contributed by atoms with Crippen molar-refractivity contribution in [1.29, 1.82) is 0 Å². The summed E-state index contributed by atoms with van der Waals surface area (Å²) in [6, 6.07) is -2.03. The van der Waals surface area contributed by atoms with Crippen molar-refractivity contribution in [2.24, 2.45) is 0 Å². The molecule has 0 aliphatic carbocycles. The van der Waals surface area contributed by atoms with Crippen molar-refractivity contribution >= 4 is 35.6 Å². The zero-order valence-electron chi connectivity index (χ0n) is 16.3. The lowest BCUT2D eigenvalue weighted by atomic mass is 10.1. The van der Waals surface area contributed by atoms with E-state index < -0.39 is 18.1 Å². The minimum Gasteiger partial charge on any atom is -0.467 e. The summed E-state index contributed by atoms with van der Waals surface area (Å²) in [6.45, 7) is 4.58. The molecule has 2 saturated heterocycles. The van der Waals surface area contributed by atoms with E-state index in [0.717, 1.165) is 0 Å². The lowest BCUT2D eigenvalue weighted by Crippen LogP contribution is -2.51. The average Bonchev–Trinajstić information content (AvgIpc) is 3.32. The first-order chi connectivity index (χ1) is 13.4. The molecule has 0 radical (unpaired) electrons. The van der Waals surface area contributed by atoms with Crippen molar-refractivity contribution in [2.45, 2.75) is 37.4 Å². The molecule has 2 aliphatic rings. The largest absolute Gasteiger partial charge is 0.467 e. The van der Waals surface area contributed by atoms with Crippen molar-refractivity contribution in [3.8, 4) is 0 Å². The van der Waals surface area contributed by atoms with Gasteiger partial charge in [-0.25, -0.2) is 9.59 Å². The fraction of sp³-hybridized carbons (Fsp3) is 0.667. The van der Waals surface area contributed by atoms with Crippen LogP contribution in [0.15, 0.2) is 12.7 Å². The van der Waals surface area contributed by atoms with E-state index in [0.29, 0.717) is 32.4 Å². The molecule has 10 heteroatoms. The van der Waals surface area contributed by atoms with Crippen molar-refractivity contribution in [3.05, 3.63) is 12.7 Å². The molecule has 0 saturated carbocycles. The van der Waals surface area contributed by atoms with Gasteiger partial charge in [0.15, 0.2) is 0 Å². The van der Waals surface area contributed by atoms with Crippen LogP contribution in [-0.2, 0) is 19.1 Å². The number of hydrogen-bond donors (Lipinski definition) is 2. The second-order valence-corrected chi connectivity index (χ2v) is 7.65. The maximum Gasteiger partial charge on any atom is 0.328 e. The summed E-state index contributed by atoms with van der Waals surface area (Å²) in [5, 5.41) is 5.43. The molecule has 9 nitrogen and oxygen atoms in total. The number of carbonyl (C=O) groups excluding carboxylic acids is 4. The number of urea groups is 1. The predicted molar refractivity (Wildman–Crippen MR) is 106 cm³/mol. The molecule has 156 valence electrons. The number of esters is 1. The molecule has 2 N–H and O–H groups in total. The molecule has 28 heavy (non-hydrogen) atoms. The number of rotatable bonds is 7. The fourth-order valence-corrected chi connectivity index (χ4v) is 4.07. The van der Waals surface area contributed by atoms with Gasteiger partial charge in [0.1, 0.15) is 12.1 Å². The molecule has 3 atom stereocenters. The Morgan fingerprint density at radius 3 is 2.64 bits per heavy atom. The van der Waals surface area contributed by atoms with Crippen LogP contribution in [0.2, 0.25) is 0 Å². The molecule has 0 aromatic rings. The lowest BCUT2D eigenvalue weighted by Gasteiger charge is -2.30. The molecule has 0 aromatic carbocycles. The van der Waals surface area contributed by atoms with E-state index in [1.807, 2.05) is 6.26 Å². The lowest BCUT2D eigenvalue weighted by molar-refractivity contribution is -0.153. The van der Waals surface area contributed by atoms with Crippen molar-refractivity contribution in [1.82, 2.24) is 20.4 Å². The van der Waals surface area contributed by atoms with Crippen molar-refractivity contribution in [2.75, 3.05) is 38.8 Å². The van der Waals surface area contributed by atoms with E-state index in [1.54, 1.807) is 6.08 Å². The normalized spacial score (nSPS) is 24.0. The SMILES string of the molecule is C=CCNC(=O)NC1CC(C(=O)N2CCCC2C(=O)OC)N(C(=O)CSC)C1. The Bertz CT molecular complexity index is 629. The van der Waals surface area contributed by atoms with Crippen LogP contribution >= 0.6 is 11.8 Å². The smallest absolute Gasteiger partial charge is 0.328 e. The maximum atomic E-state index is 13.2. The van der Waals surface area contributed by atoms with Gasteiger partial charge in [0.05, 0.1) is 18.9 Å². The average molecular weight is 413 g/mol. The third-order valence-corrected chi connectivity index (χ3v) is 5.46. The summed E-state index contributed by atoms with van der Waals surface area (Å²) in [5.74, 6) is -0.613. The Morgan fingerprint density at radius 2 is 2.00 bits per heavy atom.